The average molecular weight is 271 g/mol. The highest BCUT2D eigenvalue weighted by Crippen LogP contribution is 2.22. The van der Waals surface area contributed by atoms with Gasteiger partial charge in [-0.2, -0.15) is 0 Å². The van der Waals surface area contributed by atoms with E-state index in [2.05, 4.69) is 26.0 Å². The molecule has 0 radical (unpaired) electrons. The first-order chi connectivity index (χ1) is 9.24. The maximum Gasteiger partial charge on any atom is 0.206 e. The minimum atomic E-state index is -0.202. The first-order valence-electron chi connectivity index (χ1n) is 8.78. The maximum atomic E-state index is 5.19. The first-order valence-corrected chi connectivity index (χ1v) is 8.78. The number of nitrogens with two attached hydrogens (primary N) is 1. The standard InChI is InChI=1S/C16H38BNO/c1-5-8-12-17(13-9-6-2,14-10-7-3)18-15-11-16-19-4/h5-16,18H2,1-4H3. The van der Waals surface area contributed by atoms with Crippen LogP contribution in [0.5, 0.6) is 0 Å². The van der Waals surface area contributed by atoms with Crippen molar-refractivity contribution in [2.45, 2.75) is 84.7 Å². The molecule has 0 bridgehead atoms. The third-order valence-electron chi connectivity index (χ3n) is 4.62. The van der Waals surface area contributed by atoms with Crippen LogP contribution in [0.25, 0.3) is 0 Å². The topological polar surface area (TPSA) is 25.8 Å². The van der Waals surface area contributed by atoms with Crippen LogP contribution in [-0.2, 0) is 4.74 Å². The van der Waals surface area contributed by atoms with E-state index in [1.54, 1.807) is 0 Å². The molecule has 2 nitrogen and oxygen atoms in total. The van der Waals surface area contributed by atoms with E-state index in [0.717, 1.165) is 6.61 Å². The number of hydrogen-bond donors (Lipinski definition) is 1. The highest BCUT2D eigenvalue weighted by molar-refractivity contribution is 6.71. The molecule has 3 heteroatoms. The molecule has 0 spiro atoms. The molecule has 0 aliphatic heterocycles. The van der Waals surface area contributed by atoms with Crippen LogP contribution in [0, 0.1) is 0 Å². The molecule has 0 aromatic heterocycles. The summed E-state index contributed by atoms with van der Waals surface area (Å²) in [4.78, 5) is 0. The summed E-state index contributed by atoms with van der Waals surface area (Å²) in [6.45, 7) is 9.14. The molecule has 0 unspecified atom stereocenters. The van der Waals surface area contributed by atoms with Gasteiger partial charge in [0.05, 0.1) is 6.61 Å². The molecular weight excluding hydrogens is 233 g/mol. The van der Waals surface area contributed by atoms with Crippen molar-refractivity contribution in [3.63, 3.8) is 0 Å². The predicted octanol–water partition coefficient (Wildman–Crippen LogP) is 3.93. The lowest BCUT2D eigenvalue weighted by atomic mass is 9.28. The first kappa shape index (κ1) is 19.0. The van der Waals surface area contributed by atoms with E-state index in [4.69, 9.17) is 4.74 Å². The van der Waals surface area contributed by atoms with Crippen molar-refractivity contribution in [3.05, 3.63) is 0 Å². The third kappa shape index (κ3) is 9.51. The smallest absolute Gasteiger partial charge is 0.206 e. The monoisotopic (exact) mass is 271 g/mol. The lowest BCUT2D eigenvalue weighted by Gasteiger charge is -2.36. The van der Waals surface area contributed by atoms with Crippen molar-refractivity contribution in [1.29, 1.82) is 0 Å². The molecule has 0 aliphatic carbocycles. The molecule has 0 heterocycles. The Morgan fingerprint density at radius 2 is 1.26 bits per heavy atom. The second-order valence-corrected chi connectivity index (χ2v) is 6.37. The fourth-order valence-electron chi connectivity index (χ4n) is 3.32. The van der Waals surface area contributed by atoms with Gasteiger partial charge in [0.1, 0.15) is 0 Å². The van der Waals surface area contributed by atoms with Crippen LogP contribution >= 0.6 is 0 Å². The van der Waals surface area contributed by atoms with Crippen LogP contribution in [0.4, 0.5) is 0 Å². The largest absolute Gasteiger partial charge is 0.536 e. The Bertz CT molecular complexity index is 166. The minimum absolute atomic E-state index is 0.202. The predicted molar refractivity (Wildman–Crippen MR) is 88.2 cm³/mol. The highest BCUT2D eigenvalue weighted by Gasteiger charge is 2.29. The fourth-order valence-corrected chi connectivity index (χ4v) is 3.32. The summed E-state index contributed by atoms with van der Waals surface area (Å²) in [6, 6.07) is 0. The van der Waals surface area contributed by atoms with Crippen LogP contribution in [0.1, 0.15) is 65.7 Å². The van der Waals surface area contributed by atoms with Crippen LogP contribution in [0.3, 0.4) is 0 Å². The normalized spacial score (nSPS) is 12.0. The van der Waals surface area contributed by atoms with Gasteiger partial charge in [0, 0.05) is 20.1 Å². The molecule has 0 rings (SSSR count). The Kier molecular flexibility index (Phi) is 13.0. The molecule has 0 aliphatic rings. The summed E-state index contributed by atoms with van der Waals surface area (Å²) < 4.78 is 5.19. The molecule has 0 fully saturated rings. The number of methoxy groups -OCH3 is 1. The van der Waals surface area contributed by atoms with E-state index in [9.17, 15) is 0 Å². The van der Waals surface area contributed by atoms with Crippen molar-refractivity contribution in [1.82, 2.24) is 0 Å². The Morgan fingerprint density at radius 1 is 0.789 bits per heavy atom. The zero-order valence-electron chi connectivity index (χ0n) is 14.0. The Morgan fingerprint density at radius 3 is 1.63 bits per heavy atom. The highest BCUT2D eigenvalue weighted by atomic mass is 16.5. The summed E-state index contributed by atoms with van der Waals surface area (Å²) in [7, 11) is 1.81. The van der Waals surface area contributed by atoms with Gasteiger partial charge in [-0.1, -0.05) is 59.3 Å². The number of rotatable bonds is 14. The summed E-state index contributed by atoms with van der Waals surface area (Å²) in [5, 5.41) is 2.72. The molecule has 0 amide bonds. The van der Waals surface area contributed by atoms with Gasteiger partial charge in [0.25, 0.3) is 0 Å². The van der Waals surface area contributed by atoms with E-state index < -0.39 is 0 Å². The summed E-state index contributed by atoms with van der Waals surface area (Å²) in [5.74, 6) is 0. The molecule has 0 atom stereocenters. The summed E-state index contributed by atoms with van der Waals surface area (Å²) in [5.41, 5.74) is 0. The zero-order chi connectivity index (χ0) is 14.4. The molecular formula is C16H38BNO. The van der Waals surface area contributed by atoms with Gasteiger partial charge >= 0.3 is 0 Å². The van der Waals surface area contributed by atoms with Gasteiger partial charge in [0.2, 0.25) is 6.28 Å². The number of quaternary nitrogens is 1. The van der Waals surface area contributed by atoms with Crippen molar-refractivity contribution in [2.75, 3.05) is 20.3 Å². The van der Waals surface area contributed by atoms with Gasteiger partial charge in [-0.05, 0) is 0 Å². The Balaban J connectivity index is 4.38. The third-order valence-corrected chi connectivity index (χ3v) is 4.62. The van der Waals surface area contributed by atoms with Crippen molar-refractivity contribution in [3.8, 4) is 0 Å². The number of hydrogen-bond acceptors (Lipinski definition) is 1. The van der Waals surface area contributed by atoms with Crippen molar-refractivity contribution < 1.29 is 9.96 Å². The van der Waals surface area contributed by atoms with Gasteiger partial charge < -0.3 is 9.96 Å². The maximum absolute atomic E-state index is 5.19. The van der Waals surface area contributed by atoms with E-state index in [1.807, 2.05) is 7.11 Å². The Hall–Kier alpha value is -0.0151. The quantitative estimate of drug-likeness (QED) is 0.376. The molecule has 2 N–H and O–H groups in total. The van der Waals surface area contributed by atoms with Crippen molar-refractivity contribution in [2.24, 2.45) is 0 Å². The molecule has 0 aromatic carbocycles. The van der Waals surface area contributed by atoms with Gasteiger partial charge in [-0.15, -0.1) is 19.0 Å². The van der Waals surface area contributed by atoms with Crippen LogP contribution in [-0.4, -0.2) is 26.5 Å². The number of ether oxygens (including phenoxy) is 1. The van der Waals surface area contributed by atoms with Crippen LogP contribution < -0.4 is 5.23 Å². The van der Waals surface area contributed by atoms with E-state index in [0.29, 0.717) is 0 Å². The second kappa shape index (κ2) is 13.0. The molecule has 116 valence electrons. The summed E-state index contributed by atoms with van der Waals surface area (Å²) >= 11 is 0. The molecule has 19 heavy (non-hydrogen) atoms. The summed E-state index contributed by atoms with van der Waals surface area (Å²) in [6.07, 6.45) is 13.6. The second-order valence-electron chi connectivity index (χ2n) is 6.37. The minimum Gasteiger partial charge on any atom is -0.536 e. The van der Waals surface area contributed by atoms with Gasteiger partial charge in [0.15, 0.2) is 0 Å². The zero-order valence-corrected chi connectivity index (χ0v) is 14.0. The van der Waals surface area contributed by atoms with Gasteiger partial charge in [-0.25, -0.2) is 0 Å². The SMILES string of the molecule is CCCC[B-](CCCC)(CCCC)[NH2+]CCCOC. The number of unbranched alkanes of at least 4 members (excludes halogenated alkanes) is 3. The van der Waals surface area contributed by atoms with Gasteiger partial charge in [-0.3, -0.25) is 0 Å². The van der Waals surface area contributed by atoms with Crippen LogP contribution in [0.2, 0.25) is 19.0 Å². The van der Waals surface area contributed by atoms with E-state index >= 15 is 0 Å². The van der Waals surface area contributed by atoms with E-state index in [-0.39, 0.29) is 6.28 Å². The lowest BCUT2D eigenvalue weighted by molar-refractivity contribution is -0.534. The average Bonchev–Trinajstić information content (AvgIpc) is 2.44. The fraction of sp³-hybridized carbons (Fsp3) is 1.00. The Labute approximate surface area is 122 Å². The lowest BCUT2D eigenvalue weighted by Crippen LogP contribution is -3.00. The van der Waals surface area contributed by atoms with E-state index in [1.165, 1.54) is 70.5 Å². The molecule has 0 saturated heterocycles. The molecule has 0 aromatic rings. The van der Waals surface area contributed by atoms with Crippen LogP contribution in [0.15, 0.2) is 0 Å². The van der Waals surface area contributed by atoms with Crippen molar-refractivity contribution >= 4 is 6.28 Å². The molecule has 0 saturated carbocycles.